The highest BCUT2D eigenvalue weighted by molar-refractivity contribution is 9.10. The average molecular weight is 357 g/mol. The summed E-state index contributed by atoms with van der Waals surface area (Å²) in [6.45, 7) is 0. The zero-order valence-electron chi connectivity index (χ0n) is 11.2. The third kappa shape index (κ3) is 2.98. The zero-order chi connectivity index (χ0) is 14.2. The molecule has 0 atom stereocenters. The number of nitrogens with one attached hydrogen (secondary N) is 2. The maximum Gasteiger partial charge on any atom is 0.171 e. The Labute approximate surface area is 132 Å². The highest BCUT2D eigenvalue weighted by atomic mass is 79.9. The second kappa shape index (κ2) is 5.60. The minimum atomic E-state index is -0.296. The van der Waals surface area contributed by atoms with Gasteiger partial charge in [0.15, 0.2) is 5.11 Å². The van der Waals surface area contributed by atoms with E-state index in [-0.39, 0.29) is 11.4 Å². The number of halogens is 2. The van der Waals surface area contributed by atoms with Gasteiger partial charge < -0.3 is 10.6 Å². The van der Waals surface area contributed by atoms with E-state index in [0.29, 0.717) is 10.8 Å². The van der Waals surface area contributed by atoms with Gasteiger partial charge in [0.05, 0.1) is 5.69 Å². The number of anilines is 1. The molecule has 1 aromatic rings. The second-order valence-corrected chi connectivity index (χ2v) is 7.16. The van der Waals surface area contributed by atoms with E-state index in [0.717, 1.165) is 10.4 Å². The predicted octanol–water partition coefficient (Wildman–Crippen LogP) is 4.60. The van der Waals surface area contributed by atoms with Crippen molar-refractivity contribution in [2.24, 2.45) is 5.92 Å². The smallest absolute Gasteiger partial charge is 0.171 e. The van der Waals surface area contributed by atoms with Crippen molar-refractivity contribution in [3.05, 3.63) is 28.5 Å². The summed E-state index contributed by atoms with van der Waals surface area (Å²) in [5, 5.41) is 7.02. The SMILES string of the molecule is Fc1cc(Br)ccc1NC(=S)NC1(C2CC2)CCCC1. The summed E-state index contributed by atoms with van der Waals surface area (Å²) < 4.78 is 14.5. The van der Waals surface area contributed by atoms with Gasteiger partial charge in [0.1, 0.15) is 5.82 Å². The number of thiocarbonyl (C=S) groups is 1. The van der Waals surface area contributed by atoms with Crippen molar-refractivity contribution in [3.8, 4) is 0 Å². The fourth-order valence-electron chi connectivity index (χ4n) is 3.25. The van der Waals surface area contributed by atoms with Crippen molar-refractivity contribution in [1.82, 2.24) is 5.32 Å². The Morgan fingerprint density at radius 2 is 2.00 bits per heavy atom. The monoisotopic (exact) mass is 356 g/mol. The number of rotatable bonds is 3. The Balaban J connectivity index is 1.67. The molecular formula is C15H18BrFN2S. The van der Waals surface area contributed by atoms with Gasteiger partial charge >= 0.3 is 0 Å². The van der Waals surface area contributed by atoms with Crippen molar-refractivity contribution in [3.63, 3.8) is 0 Å². The summed E-state index contributed by atoms with van der Waals surface area (Å²) in [6.07, 6.45) is 7.48. The van der Waals surface area contributed by atoms with E-state index in [2.05, 4.69) is 26.6 Å². The minimum absolute atomic E-state index is 0.163. The number of hydrogen-bond acceptors (Lipinski definition) is 1. The Morgan fingerprint density at radius 1 is 1.30 bits per heavy atom. The molecule has 2 N–H and O–H groups in total. The molecule has 5 heteroatoms. The van der Waals surface area contributed by atoms with Crippen LogP contribution in [0.3, 0.4) is 0 Å². The van der Waals surface area contributed by atoms with Gasteiger partial charge in [-0.05, 0) is 62.0 Å². The highest BCUT2D eigenvalue weighted by Crippen LogP contribution is 2.48. The third-order valence-corrected chi connectivity index (χ3v) is 5.09. The normalized spacial score (nSPS) is 20.7. The lowest BCUT2D eigenvalue weighted by molar-refractivity contribution is 0.340. The molecule has 0 unspecified atom stereocenters. The Kier molecular flexibility index (Phi) is 4.00. The number of hydrogen-bond donors (Lipinski definition) is 2. The maximum atomic E-state index is 13.8. The largest absolute Gasteiger partial charge is 0.357 e. The van der Waals surface area contributed by atoms with Crippen molar-refractivity contribution < 1.29 is 4.39 Å². The Hall–Kier alpha value is -0.680. The van der Waals surface area contributed by atoms with Gasteiger partial charge in [-0.1, -0.05) is 28.8 Å². The summed E-state index contributed by atoms with van der Waals surface area (Å²) in [5.74, 6) is 0.454. The molecule has 0 radical (unpaired) electrons. The van der Waals surface area contributed by atoms with Crippen LogP contribution in [0.1, 0.15) is 38.5 Å². The van der Waals surface area contributed by atoms with Crippen LogP contribution in [0.25, 0.3) is 0 Å². The lowest BCUT2D eigenvalue weighted by Gasteiger charge is -2.32. The molecule has 2 aliphatic rings. The van der Waals surface area contributed by atoms with Crippen molar-refractivity contribution in [2.45, 2.75) is 44.1 Å². The zero-order valence-corrected chi connectivity index (χ0v) is 13.6. The average Bonchev–Trinajstić information content (AvgIpc) is 3.15. The van der Waals surface area contributed by atoms with Crippen LogP contribution in [0.4, 0.5) is 10.1 Å². The fraction of sp³-hybridized carbons (Fsp3) is 0.533. The molecule has 0 aliphatic heterocycles. The molecule has 0 saturated heterocycles. The lowest BCUT2D eigenvalue weighted by atomic mass is 9.91. The summed E-state index contributed by atoms with van der Waals surface area (Å²) in [4.78, 5) is 0. The van der Waals surface area contributed by atoms with Gasteiger partial charge in [0.2, 0.25) is 0 Å². The topological polar surface area (TPSA) is 24.1 Å². The van der Waals surface area contributed by atoms with Gasteiger partial charge in [-0.3, -0.25) is 0 Å². The van der Waals surface area contributed by atoms with E-state index < -0.39 is 0 Å². The predicted molar refractivity (Wildman–Crippen MR) is 87.4 cm³/mol. The van der Waals surface area contributed by atoms with Gasteiger partial charge in [-0.15, -0.1) is 0 Å². The van der Waals surface area contributed by atoms with E-state index in [1.807, 2.05) is 0 Å². The first-order valence-corrected chi connectivity index (χ1v) is 8.33. The Bertz CT molecular complexity index is 525. The summed E-state index contributed by atoms with van der Waals surface area (Å²) >= 11 is 8.64. The van der Waals surface area contributed by atoms with E-state index in [9.17, 15) is 4.39 Å². The van der Waals surface area contributed by atoms with Crippen LogP contribution in [0.15, 0.2) is 22.7 Å². The van der Waals surface area contributed by atoms with E-state index >= 15 is 0 Å². The number of benzene rings is 1. The van der Waals surface area contributed by atoms with Gasteiger partial charge in [-0.2, -0.15) is 0 Å². The standard InChI is InChI=1S/C15H18BrFN2S/c16-11-5-6-13(12(17)9-11)18-14(20)19-15(10-3-4-10)7-1-2-8-15/h5-6,9-10H,1-4,7-8H2,(H2,18,19,20). The molecule has 0 spiro atoms. The van der Waals surface area contributed by atoms with Crippen molar-refractivity contribution in [2.75, 3.05) is 5.32 Å². The molecular weight excluding hydrogens is 339 g/mol. The molecule has 0 aromatic heterocycles. The van der Waals surface area contributed by atoms with E-state index in [1.54, 1.807) is 12.1 Å². The molecule has 2 nitrogen and oxygen atoms in total. The first-order valence-electron chi connectivity index (χ1n) is 7.13. The van der Waals surface area contributed by atoms with Crippen LogP contribution in [0.2, 0.25) is 0 Å². The van der Waals surface area contributed by atoms with Crippen LogP contribution >= 0.6 is 28.1 Å². The molecule has 0 heterocycles. The van der Waals surface area contributed by atoms with Crippen LogP contribution in [-0.2, 0) is 0 Å². The van der Waals surface area contributed by atoms with Crippen LogP contribution in [0, 0.1) is 11.7 Å². The molecule has 1 aromatic carbocycles. The van der Waals surface area contributed by atoms with Crippen LogP contribution in [-0.4, -0.2) is 10.7 Å². The van der Waals surface area contributed by atoms with Crippen molar-refractivity contribution >= 4 is 38.9 Å². The van der Waals surface area contributed by atoms with Crippen molar-refractivity contribution in [1.29, 1.82) is 0 Å². The highest BCUT2D eigenvalue weighted by Gasteiger charge is 2.47. The van der Waals surface area contributed by atoms with Gasteiger partial charge in [-0.25, -0.2) is 4.39 Å². The summed E-state index contributed by atoms with van der Waals surface area (Å²) in [6, 6.07) is 4.95. The summed E-state index contributed by atoms with van der Waals surface area (Å²) in [5.41, 5.74) is 0.588. The molecule has 2 aliphatic carbocycles. The molecule has 3 rings (SSSR count). The van der Waals surface area contributed by atoms with Crippen LogP contribution < -0.4 is 10.6 Å². The van der Waals surface area contributed by atoms with E-state index in [4.69, 9.17) is 12.2 Å². The Morgan fingerprint density at radius 3 is 2.60 bits per heavy atom. The second-order valence-electron chi connectivity index (χ2n) is 5.84. The fourth-order valence-corrected chi connectivity index (χ4v) is 3.89. The maximum absolute atomic E-state index is 13.8. The first-order chi connectivity index (χ1) is 9.59. The molecule has 2 fully saturated rings. The quantitative estimate of drug-likeness (QED) is 0.774. The first kappa shape index (κ1) is 14.3. The molecule has 108 valence electrons. The third-order valence-electron chi connectivity index (χ3n) is 4.40. The van der Waals surface area contributed by atoms with Gasteiger partial charge in [0.25, 0.3) is 0 Å². The van der Waals surface area contributed by atoms with Crippen LogP contribution in [0.5, 0.6) is 0 Å². The summed E-state index contributed by atoms with van der Waals surface area (Å²) in [7, 11) is 0. The lowest BCUT2D eigenvalue weighted by Crippen LogP contribution is -2.49. The molecule has 20 heavy (non-hydrogen) atoms. The molecule has 2 saturated carbocycles. The van der Waals surface area contributed by atoms with E-state index in [1.165, 1.54) is 44.6 Å². The van der Waals surface area contributed by atoms with Gasteiger partial charge in [0, 0.05) is 10.0 Å². The molecule has 0 amide bonds. The molecule has 0 bridgehead atoms. The minimum Gasteiger partial charge on any atom is -0.357 e.